The molecule has 0 N–H and O–H groups in total. The Morgan fingerprint density at radius 2 is 1.91 bits per heavy atom. The highest BCUT2D eigenvalue weighted by Gasteiger charge is 2.24. The predicted molar refractivity (Wildman–Crippen MR) is 86.0 cm³/mol. The molecule has 7 nitrogen and oxygen atoms in total. The first-order valence-electron chi connectivity index (χ1n) is 7.40. The van der Waals surface area contributed by atoms with Gasteiger partial charge in [0.1, 0.15) is 5.60 Å². The van der Waals surface area contributed by atoms with Crippen molar-refractivity contribution in [3.8, 4) is 11.6 Å². The van der Waals surface area contributed by atoms with E-state index in [1.165, 1.54) is 25.1 Å². The van der Waals surface area contributed by atoms with Crippen molar-refractivity contribution in [1.82, 2.24) is 4.98 Å². The van der Waals surface area contributed by atoms with E-state index in [0.29, 0.717) is 18.6 Å². The van der Waals surface area contributed by atoms with Gasteiger partial charge in [0.2, 0.25) is 5.88 Å². The Bertz CT molecular complexity index is 566. The number of esters is 1. The largest absolute Gasteiger partial charge is 0.493 e. The van der Waals surface area contributed by atoms with E-state index in [9.17, 15) is 9.59 Å². The number of hydrogen-bond acceptors (Lipinski definition) is 6. The third-order valence-corrected chi connectivity index (χ3v) is 2.69. The molecule has 0 aliphatic carbocycles. The minimum absolute atomic E-state index is 0.106. The summed E-state index contributed by atoms with van der Waals surface area (Å²) in [6, 6.07) is 3.09. The number of hydrogen-bond donors (Lipinski definition) is 0. The fourth-order valence-electron chi connectivity index (χ4n) is 1.66. The van der Waals surface area contributed by atoms with Gasteiger partial charge in [-0.25, -0.2) is 4.79 Å². The van der Waals surface area contributed by atoms with Crippen LogP contribution in [-0.2, 0) is 9.53 Å². The molecule has 128 valence electrons. The molecule has 0 aliphatic rings. The summed E-state index contributed by atoms with van der Waals surface area (Å²) in [6.07, 6.45) is 0.394. The highest BCUT2D eigenvalue weighted by molar-refractivity contribution is 5.88. The molecule has 1 amide bonds. The van der Waals surface area contributed by atoms with Crippen LogP contribution in [0.5, 0.6) is 11.6 Å². The molecule has 1 heterocycles. The Morgan fingerprint density at radius 1 is 1.26 bits per heavy atom. The van der Waals surface area contributed by atoms with Crippen molar-refractivity contribution in [2.45, 2.75) is 46.1 Å². The lowest BCUT2D eigenvalue weighted by molar-refractivity contribution is -0.134. The number of amides is 1. The maximum Gasteiger partial charge on any atom is 0.415 e. The summed E-state index contributed by atoms with van der Waals surface area (Å²) in [5.41, 5.74) is -0.635. The summed E-state index contributed by atoms with van der Waals surface area (Å²) in [5.74, 6) is 0.308. The van der Waals surface area contributed by atoms with Crippen molar-refractivity contribution < 1.29 is 23.8 Å². The maximum absolute atomic E-state index is 12.2. The van der Waals surface area contributed by atoms with Crippen molar-refractivity contribution >= 4 is 17.9 Å². The lowest BCUT2D eigenvalue weighted by Gasteiger charge is -2.25. The van der Waals surface area contributed by atoms with Crippen molar-refractivity contribution in [2.24, 2.45) is 0 Å². The van der Waals surface area contributed by atoms with Crippen molar-refractivity contribution in [1.29, 1.82) is 0 Å². The second-order valence-electron chi connectivity index (χ2n) is 5.94. The molecule has 0 aliphatic heterocycles. The minimum Gasteiger partial charge on any atom is -0.493 e. The molecule has 0 fully saturated rings. The predicted octanol–water partition coefficient (Wildman–Crippen LogP) is 3.17. The van der Waals surface area contributed by atoms with Crippen LogP contribution in [0.25, 0.3) is 0 Å². The van der Waals surface area contributed by atoms with Crippen molar-refractivity contribution in [2.75, 3.05) is 19.1 Å². The highest BCUT2D eigenvalue weighted by atomic mass is 16.6. The Labute approximate surface area is 136 Å². The van der Waals surface area contributed by atoms with Gasteiger partial charge >= 0.3 is 12.1 Å². The van der Waals surface area contributed by atoms with E-state index in [0.717, 1.165) is 0 Å². The quantitative estimate of drug-likeness (QED) is 0.774. The molecule has 0 spiro atoms. The van der Waals surface area contributed by atoms with Gasteiger partial charge in [-0.2, -0.15) is 4.98 Å². The molecule has 0 radical (unpaired) electrons. The van der Waals surface area contributed by atoms with E-state index >= 15 is 0 Å². The standard InChI is InChI=1S/C16H24N2O5/c1-7-8-13(19)22-12-10-9-11(21-6)14(17-12)18(5)15(20)23-16(2,3)4/h9-10H,7-8H2,1-6H3. The van der Waals surface area contributed by atoms with Gasteiger partial charge in [0, 0.05) is 19.5 Å². The number of nitrogens with zero attached hydrogens (tertiary/aromatic N) is 2. The average Bonchev–Trinajstić information content (AvgIpc) is 2.44. The third kappa shape index (κ3) is 5.77. The second-order valence-corrected chi connectivity index (χ2v) is 5.94. The van der Waals surface area contributed by atoms with Crippen LogP contribution >= 0.6 is 0 Å². The molecular weight excluding hydrogens is 300 g/mol. The van der Waals surface area contributed by atoms with Crippen LogP contribution in [0.1, 0.15) is 40.5 Å². The monoisotopic (exact) mass is 324 g/mol. The Morgan fingerprint density at radius 3 is 2.43 bits per heavy atom. The van der Waals surface area contributed by atoms with Gasteiger partial charge in [-0.3, -0.25) is 9.69 Å². The number of methoxy groups -OCH3 is 1. The minimum atomic E-state index is -0.635. The van der Waals surface area contributed by atoms with Crippen LogP contribution in [0.4, 0.5) is 10.6 Å². The van der Waals surface area contributed by atoms with E-state index < -0.39 is 11.7 Å². The smallest absolute Gasteiger partial charge is 0.415 e. The maximum atomic E-state index is 12.2. The second kappa shape index (κ2) is 7.80. The molecule has 7 heteroatoms. The molecule has 0 bridgehead atoms. The Balaban J connectivity index is 3.02. The number of aromatic nitrogens is 1. The summed E-state index contributed by atoms with van der Waals surface area (Å²) >= 11 is 0. The number of ether oxygens (including phenoxy) is 3. The first-order chi connectivity index (χ1) is 10.7. The molecule has 0 aromatic carbocycles. The zero-order chi connectivity index (χ0) is 17.6. The highest BCUT2D eigenvalue weighted by Crippen LogP contribution is 2.29. The lowest BCUT2D eigenvalue weighted by atomic mass is 10.2. The first kappa shape index (κ1) is 18.7. The zero-order valence-electron chi connectivity index (χ0n) is 14.5. The van der Waals surface area contributed by atoms with E-state index in [1.807, 2.05) is 6.92 Å². The molecule has 1 rings (SSSR count). The first-order valence-corrected chi connectivity index (χ1v) is 7.40. The molecule has 1 aromatic heterocycles. The van der Waals surface area contributed by atoms with Gasteiger partial charge < -0.3 is 14.2 Å². The fraction of sp³-hybridized carbons (Fsp3) is 0.562. The Hall–Kier alpha value is -2.31. The number of anilines is 1. The number of carbonyl (C=O) groups is 2. The van der Waals surface area contributed by atoms with Crippen LogP contribution in [0.2, 0.25) is 0 Å². The van der Waals surface area contributed by atoms with Gasteiger partial charge in [-0.15, -0.1) is 0 Å². The normalized spacial score (nSPS) is 10.9. The summed E-state index contributed by atoms with van der Waals surface area (Å²) in [5, 5.41) is 0. The number of rotatable bonds is 5. The molecular formula is C16H24N2O5. The van der Waals surface area contributed by atoms with Crippen LogP contribution in [0, 0.1) is 0 Å². The van der Waals surface area contributed by atoms with E-state index in [4.69, 9.17) is 14.2 Å². The summed E-state index contributed by atoms with van der Waals surface area (Å²) in [6.45, 7) is 7.19. The number of carbonyl (C=O) groups excluding carboxylic acids is 2. The van der Waals surface area contributed by atoms with E-state index in [-0.39, 0.29) is 17.7 Å². The molecule has 0 saturated heterocycles. The van der Waals surface area contributed by atoms with Crippen LogP contribution in [0.3, 0.4) is 0 Å². The summed E-state index contributed by atoms with van der Waals surface area (Å²) in [4.78, 5) is 29.1. The van der Waals surface area contributed by atoms with Gasteiger partial charge in [0.25, 0.3) is 0 Å². The molecule has 0 atom stereocenters. The molecule has 23 heavy (non-hydrogen) atoms. The summed E-state index contributed by atoms with van der Waals surface area (Å²) in [7, 11) is 2.97. The molecule has 1 aromatic rings. The Kier molecular flexibility index (Phi) is 6.36. The fourth-order valence-corrected chi connectivity index (χ4v) is 1.66. The number of pyridine rings is 1. The van der Waals surface area contributed by atoms with E-state index in [1.54, 1.807) is 26.8 Å². The van der Waals surface area contributed by atoms with Gasteiger partial charge in [0.05, 0.1) is 7.11 Å². The van der Waals surface area contributed by atoms with Gasteiger partial charge in [-0.05, 0) is 33.3 Å². The average molecular weight is 324 g/mol. The summed E-state index contributed by atoms with van der Waals surface area (Å²) < 4.78 is 15.6. The van der Waals surface area contributed by atoms with Crippen molar-refractivity contribution in [3.05, 3.63) is 12.1 Å². The van der Waals surface area contributed by atoms with Crippen LogP contribution < -0.4 is 14.4 Å². The lowest BCUT2D eigenvalue weighted by Crippen LogP contribution is -2.34. The third-order valence-electron chi connectivity index (χ3n) is 2.69. The molecule has 0 unspecified atom stereocenters. The van der Waals surface area contributed by atoms with E-state index in [2.05, 4.69) is 4.98 Å². The SMILES string of the molecule is CCCC(=O)Oc1ccc(OC)c(N(C)C(=O)OC(C)(C)C)n1. The van der Waals surface area contributed by atoms with Gasteiger partial charge in [0.15, 0.2) is 11.6 Å². The zero-order valence-corrected chi connectivity index (χ0v) is 14.5. The van der Waals surface area contributed by atoms with Gasteiger partial charge in [-0.1, -0.05) is 6.92 Å². The van der Waals surface area contributed by atoms with Crippen LogP contribution in [-0.4, -0.2) is 36.8 Å². The molecule has 0 saturated carbocycles. The van der Waals surface area contributed by atoms with Crippen LogP contribution in [0.15, 0.2) is 12.1 Å². The topological polar surface area (TPSA) is 78.0 Å². The van der Waals surface area contributed by atoms with Crippen molar-refractivity contribution in [3.63, 3.8) is 0 Å².